The van der Waals surface area contributed by atoms with Crippen LogP contribution in [-0.2, 0) is 20.9 Å². The van der Waals surface area contributed by atoms with Gasteiger partial charge in [0.1, 0.15) is 6.61 Å². The lowest BCUT2D eigenvalue weighted by Gasteiger charge is -2.30. The highest BCUT2D eigenvalue weighted by Crippen LogP contribution is 2.13. The van der Waals surface area contributed by atoms with Crippen LogP contribution in [0.3, 0.4) is 0 Å². The minimum absolute atomic E-state index is 0.260. The van der Waals surface area contributed by atoms with Gasteiger partial charge in [0, 0.05) is 13.1 Å². The van der Waals surface area contributed by atoms with Gasteiger partial charge in [0.25, 0.3) is 0 Å². The molecule has 1 aliphatic rings. The summed E-state index contributed by atoms with van der Waals surface area (Å²) in [5, 5.41) is 0. The Bertz CT molecular complexity index is 473. The van der Waals surface area contributed by atoms with Crippen LogP contribution in [0.2, 0.25) is 0 Å². The maximum atomic E-state index is 12.1. The van der Waals surface area contributed by atoms with Gasteiger partial charge < -0.3 is 9.47 Å². The summed E-state index contributed by atoms with van der Waals surface area (Å²) in [5.74, 6) is -0.260. The number of ether oxygens (including phenoxy) is 2. The topological polar surface area (TPSA) is 38.8 Å². The molecule has 1 atom stereocenters. The number of hydrogen-bond donors (Lipinski definition) is 0. The molecule has 1 saturated heterocycles. The lowest BCUT2D eigenvalue weighted by atomic mass is 10.1. The molecule has 2 rings (SSSR count). The number of hydrogen-bond acceptors (Lipinski definition) is 4. The Morgan fingerprint density at radius 2 is 2.25 bits per heavy atom. The monoisotopic (exact) mass is 277 g/mol. The zero-order valence-electron chi connectivity index (χ0n) is 12.5. The normalized spacial score (nSPS) is 19.9. The molecular formula is C16H23NO3. The summed E-state index contributed by atoms with van der Waals surface area (Å²) in [7, 11) is 0. The van der Waals surface area contributed by atoms with Crippen molar-refractivity contribution < 1.29 is 14.3 Å². The van der Waals surface area contributed by atoms with Crippen LogP contribution in [0, 0.1) is 13.8 Å². The van der Waals surface area contributed by atoms with Crippen LogP contribution in [0.15, 0.2) is 18.2 Å². The number of nitrogens with zero attached hydrogens (tertiary/aromatic N) is 1. The van der Waals surface area contributed by atoms with E-state index in [1.807, 2.05) is 13.8 Å². The number of aryl methyl sites for hydroxylation is 2. The Balaban J connectivity index is 1.90. The average molecular weight is 277 g/mol. The zero-order chi connectivity index (χ0) is 14.5. The van der Waals surface area contributed by atoms with E-state index in [1.165, 1.54) is 5.56 Å². The van der Waals surface area contributed by atoms with Crippen molar-refractivity contribution in [1.29, 1.82) is 0 Å². The predicted molar refractivity (Wildman–Crippen MR) is 77.6 cm³/mol. The van der Waals surface area contributed by atoms with E-state index in [4.69, 9.17) is 9.47 Å². The number of benzene rings is 1. The van der Waals surface area contributed by atoms with Crippen molar-refractivity contribution in [3.63, 3.8) is 0 Å². The fourth-order valence-electron chi connectivity index (χ4n) is 2.33. The third-order valence-corrected chi connectivity index (χ3v) is 3.74. The summed E-state index contributed by atoms with van der Waals surface area (Å²) < 4.78 is 10.9. The molecule has 0 amide bonds. The van der Waals surface area contributed by atoms with Crippen molar-refractivity contribution in [2.45, 2.75) is 33.5 Å². The zero-order valence-corrected chi connectivity index (χ0v) is 12.5. The smallest absolute Gasteiger partial charge is 0.336 e. The third kappa shape index (κ3) is 3.81. The Labute approximate surface area is 120 Å². The maximum Gasteiger partial charge on any atom is 0.336 e. The summed E-state index contributed by atoms with van der Waals surface area (Å²) in [5.41, 5.74) is 3.37. The average Bonchev–Trinajstić information content (AvgIpc) is 2.48. The summed E-state index contributed by atoms with van der Waals surface area (Å²) in [6.07, 6.45) is -0.450. The van der Waals surface area contributed by atoms with E-state index in [2.05, 4.69) is 30.0 Å². The number of carbonyl (C=O) groups is 1. The molecule has 1 fully saturated rings. The summed E-state index contributed by atoms with van der Waals surface area (Å²) >= 11 is 0. The molecule has 1 aromatic carbocycles. The number of carbonyl (C=O) groups excluding carboxylic acids is 1. The number of morpholine rings is 1. The van der Waals surface area contributed by atoms with Crippen LogP contribution in [0.1, 0.15) is 23.6 Å². The summed E-state index contributed by atoms with van der Waals surface area (Å²) in [6, 6.07) is 6.17. The Morgan fingerprint density at radius 1 is 1.45 bits per heavy atom. The van der Waals surface area contributed by atoms with Gasteiger partial charge >= 0.3 is 5.97 Å². The molecule has 1 aromatic rings. The van der Waals surface area contributed by atoms with E-state index in [1.54, 1.807) is 0 Å². The predicted octanol–water partition coefficient (Wildman–Crippen LogP) is 2.07. The van der Waals surface area contributed by atoms with Gasteiger partial charge in [0.2, 0.25) is 0 Å². The van der Waals surface area contributed by atoms with Gasteiger partial charge in [0.15, 0.2) is 6.10 Å². The highest BCUT2D eigenvalue weighted by Gasteiger charge is 2.27. The Hall–Kier alpha value is -1.39. The molecule has 0 unspecified atom stereocenters. The first-order valence-electron chi connectivity index (χ1n) is 7.17. The molecule has 0 radical (unpaired) electrons. The molecule has 1 heterocycles. The van der Waals surface area contributed by atoms with E-state index in [-0.39, 0.29) is 5.97 Å². The van der Waals surface area contributed by atoms with E-state index in [0.717, 1.165) is 24.2 Å². The molecule has 0 spiro atoms. The van der Waals surface area contributed by atoms with E-state index >= 15 is 0 Å². The maximum absolute atomic E-state index is 12.1. The minimum Gasteiger partial charge on any atom is -0.459 e. The highest BCUT2D eigenvalue weighted by molar-refractivity contribution is 5.75. The molecule has 1 aliphatic heterocycles. The second kappa shape index (κ2) is 6.86. The molecule has 0 aromatic heterocycles. The van der Waals surface area contributed by atoms with Gasteiger partial charge in [0.05, 0.1) is 6.61 Å². The van der Waals surface area contributed by atoms with Crippen molar-refractivity contribution in [2.75, 3.05) is 26.2 Å². The molecule has 4 nitrogen and oxygen atoms in total. The second-order valence-electron chi connectivity index (χ2n) is 5.29. The van der Waals surface area contributed by atoms with Gasteiger partial charge in [-0.15, -0.1) is 0 Å². The number of rotatable bonds is 4. The molecule has 0 bridgehead atoms. The van der Waals surface area contributed by atoms with Crippen LogP contribution < -0.4 is 0 Å². The van der Waals surface area contributed by atoms with E-state index in [0.29, 0.717) is 19.8 Å². The van der Waals surface area contributed by atoms with Crippen LogP contribution in [0.4, 0.5) is 0 Å². The van der Waals surface area contributed by atoms with Gasteiger partial charge in [-0.25, -0.2) is 4.79 Å². The lowest BCUT2D eigenvalue weighted by molar-refractivity contribution is -0.164. The lowest BCUT2D eigenvalue weighted by Crippen LogP contribution is -2.46. The van der Waals surface area contributed by atoms with Gasteiger partial charge in [-0.1, -0.05) is 30.7 Å². The Morgan fingerprint density at radius 3 is 3.00 bits per heavy atom. The number of likely N-dealkylation sites (N-methyl/N-ethyl adjacent to an activating group) is 1. The third-order valence-electron chi connectivity index (χ3n) is 3.74. The first-order chi connectivity index (χ1) is 9.60. The fraction of sp³-hybridized carbons (Fsp3) is 0.562. The van der Waals surface area contributed by atoms with Crippen molar-refractivity contribution in [3.05, 3.63) is 34.9 Å². The van der Waals surface area contributed by atoms with Crippen LogP contribution in [0.5, 0.6) is 0 Å². The largest absolute Gasteiger partial charge is 0.459 e. The van der Waals surface area contributed by atoms with Crippen molar-refractivity contribution in [1.82, 2.24) is 4.90 Å². The Kier molecular flexibility index (Phi) is 5.15. The van der Waals surface area contributed by atoms with E-state index < -0.39 is 6.10 Å². The van der Waals surface area contributed by atoms with Gasteiger partial charge in [-0.2, -0.15) is 0 Å². The van der Waals surface area contributed by atoms with Crippen molar-refractivity contribution in [3.8, 4) is 0 Å². The summed E-state index contributed by atoms with van der Waals surface area (Å²) in [4.78, 5) is 14.3. The van der Waals surface area contributed by atoms with Gasteiger partial charge in [-0.05, 0) is 31.5 Å². The molecule has 20 heavy (non-hydrogen) atoms. The molecule has 110 valence electrons. The SMILES string of the molecule is CCN1CCO[C@@H](C(=O)OCc2cc(C)ccc2C)C1. The highest BCUT2D eigenvalue weighted by atomic mass is 16.6. The second-order valence-corrected chi connectivity index (χ2v) is 5.29. The molecule has 4 heteroatoms. The molecule has 0 aliphatic carbocycles. The molecule has 0 saturated carbocycles. The first-order valence-corrected chi connectivity index (χ1v) is 7.17. The molecule has 0 N–H and O–H groups in total. The molecular weight excluding hydrogens is 254 g/mol. The number of esters is 1. The van der Waals surface area contributed by atoms with Crippen LogP contribution in [0.25, 0.3) is 0 Å². The minimum atomic E-state index is -0.450. The fourth-order valence-corrected chi connectivity index (χ4v) is 2.33. The first kappa shape index (κ1) is 15.0. The van der Waals surface area contributed by atoms with E-state index in [9.17, 15) is 4.79 Å². The van der Waals surface area contributed by atoms with Crippen LogP contribution >= 0.6 is 0 Å². The van der Waals surface area contributed by atoms with Crippen molar-refractivity contribution in [2.24, 2.45) is 0 Å². The van der Waals surface area contributed by atoms with Gasteiger partial charge in [-0.3, -0.25) is 4.90 Å². The summed E-state index contributed by atoms with van der Waals surface area (Å²) in [6.45, 7) is 9.51. The quantitative estimate of drug-likeness (QED) is 0.790. The standard InChI is InChI=1S/C16H23NO3/c1-4-17-7-8-19-15(10-17)16(18)20-11-14-9-12(2)5-6-13(14)3/h5-6,9,15H,4,7-8,10-11H2,1-3H3/t15-/m1/s1. The van der Waals surface area contributed by atoms with Crippen molar-refractivity contribution >= 4 is 5.97 Å². The van der Waals surface area contributed by atoms with Crippen LogP contribution in [-0.4, -0.2) is 43.2 Å².